The molecular weight excluding hydrogens is 292 g/mol. The molecule has 2 aromatic heterocycles. The fraction of sp³-hybridized carbons (Fsp3) is 0.235. The number of benzene rings is 1. The van der Waals surface area contributed by atoms with Crippen LogP contribution in [0.15, 0.2) is 30.6 Å². The summed E-state index contributed by atoms with van der Waals surface area (Å²) in [5.74, 6) is 0.537. The summed E-state index contributed by atoms with van der Waals surface area (Å²) in [5, 5.41) is 3.82. The number of carbonyl (C=O) groups excluding carboxylic acids is 1. The number of anilines is 1. The number of aryl methyl sites for hydroxylation is 2. The van der Waals surface area contributed by atoms with Gasteiger partial charge in [-0.2, -0.15) is 0 Å². The van der Waals surface area contributed by atoms with Crippen molar-refractivity contribution in [1.29, 1.82) is 0 Å². The molecule has 0 saturated carbocycles. The molecule has 3 aromatic rings. The summed E-state index contributed by atoms with van der Waals surface area (Å²) in [4.78, 5) is 23.9. The van der Waals surface area contributed by atoms with E-state index in [1.807, 2.05) is 32.0 Å². The Morgan fingerprint density at radius 2 is 2.13 bits per heavy atom. The minimum absolute atomic E-state index is 0.0202. The van der Waals surface area contributed by atoms with Crippen molar-refractivity contribution in [2.24, 2.45) is 0 Å². The van der Waals surface area contributed by atoms with Gasteiger partial charge >= 0.3 is 0 Å². The second-order valence-corrected chi connectivity index (χ2v) is 5.40. The molecule has 0 spiro atoms. The molecular formula is C17H18N4O2. The number of imidazole rings is 1. The Labute approximate surface area is 133 Å². The van der Waals surface area contributed by atoms with Crippen molar-refractivity contribution in [2.75, 3.05) is 19.0 Å². The summed E-state index contributed by atoms with van der Waals surface area (Å²) in [6.45, 7) is 4.02. The molecule has 0 unspecified atom stereocenters. The van der Waals surface area contributed by atoms with Gasteiger partial charge in [0.25, 0.3) is 0 Å². The van der Waals surface area contributed by atoms with Crippen LogP contribution in [0.25, 0.3) is 22.4 Å². The highest BCUT2D eigenvalue weighted by Gasteiger charge is 2.13. The number of aromatic amines is 1. The third kappa shape index (κ3) is 2.93. The van der Waals surface area contributed by atoms with Gasteiger partial charge in [0, 0.05) is 24.9 Å². The number of rotatable bonds is 4. The van der Waals surface area contributed by atoms with E-state index in [1.54, 1.807) is 12.4 Å². The molecule has 118 valence electrons. The molecule has 0 aliphatic carbocycles. The summed E-state index contributed by atoms with van der Waals surface area (Å²) >= 11 is 0. The molecule has 0 aliphatic rings. The second kappa shape index (κ2) is 6.18. The SMILES string of the molecule is COCC(=O)Nc1ccc(C)c2nc(-c3ncc[nH]3)cc(C)c12. The van der Waals surface area contributed by atoms with Gasteiger partial charge in [-0.05, 0) is 37.1 Å². The van der Waals surface area contributed by atoms with E-state index in [0.717, 1.165) is 39.2 Å². The standard InChI is InChI=1S/C17H18N4O2/c1-10-4-5-12(20-14(22)9-23-3)15-11(2)8-13(21-16(10)15)17-18-6-7-19-17/h4-8H,9H2,1-3H3,(H,18,19)(H,20,22). The third-order valence-electron chi connectivity index (χ3n) is 3.65. The number of methoxy groups -OCH3 is 1. The molecule has 3 rings (SSSR count). The summed E-state index contributed by atoms with van der Waals surface area (Å²) < 4.78 is 4.87. The van der Waals surface area contributed by atoms with Gasteiger partial charge in [0.15, 0.2) is 5.82 Å². The number of aromatic nitrogens is 3. The first-order chi connectivity index (χ1) is 11.1. The van der Waals surface area contributed by atoms with E-state index in [9.17, 15) is 4.79 Å². The minimum atomic E-state index is -0.188. The van der Waals surface area contributed by atoms with E-state index in [-0.39, 0.29) is 12.5 Å². The van der Waals surface area contributed by atoms with Crippen molar-refractivity contribution >= 4 is 22.5 Å². The quantitative estimate of drug-likeness (QED) is 0.776. The highest BCUT2D eigenvalue weighted by molar-refractivity contribution is 6.04. The molecule has 0 fully saturated rings. The van der Waals surface area contributed by atoms with Gasteiger partial charge < -0.3 is 15.0 Å². The molecule has 23 heavy (non-hydrogen) atoms. The molecule has 0 aliphatic heterocycles. The number of ether oxygens (including phenoxy) is 1. The van der Waals surface area contributed by atoms with Gasteiger partial charge in [-0.3, -0.25) is 4.79 Å². The number of H-pyrrole nitrogens is 1. The maximum Gasteiger partial charge on any atom is 0.250 e. The molecule has 1 amide bonds. The van der Waals surface area contributed by atoms with Crippen LogP contribution in [-0.4, -0.2) is 34.6 Å². The van der Waals surface area contributed by atoms with Crippen LogP contribution in [0.4, 0.5) is 5.69 Å². The molecule has 0 saturated heterocycles. The number of nitrogens with zero attached hydrogens (tertiary/aromatic N) is 2. The Kier molecular flexibility index (Phi) is 4.08. The zero-order chi connectivity index (χ0) is 16.4. The summed E-state index contributed by atoms with van der Waals surface area (Å²) in [6.07, 6.45) is 3.47. The third-order valence-corrected chi connectivity index (χ3v) is 3.65. The van der Waals surface area contributed by atoms with Crippen LogP contribution < -0.4 is 5.32 Å². The summed E-state index contributed by atoms with van der Waals surface area (Å²) in [6, 6.07) is 5.81. The average Bonchev–Trinajstić information content (AvgIpc) is 3.04. The van der Waals surface area contributed by atoms with Crippen molar-refractivity contribution in [2.45, 2.75) is 13.8 Å². The average molecular weight is 310 g/mol. The fourth-order valence-electron chi connectivity index (χ4n) is 2.62. The van der Waals surface area contributed by atoms with Gasteiger partial charge in [0.05, 0.1) is 11.2 Å². The molecule has 6 heteroatoms. The van der Waals surface area contributed by atoms with E-state index in [4.69, 9.17) is 9.72 Å². The Balaban J connectivity index is 2.14. The monoisotopic (exact) mass is 310 g/mol. The highest BCUT2D eigenvalue weighted by atomic mass is 16.5. The molecule has 1 aromatic carbocycles. The van der Waals surface area contributed by atoms with Crippen LogP contribution in [0.1, 0.15) is 11.1 Å². The molecule has 0 bridgehead atoms. The lowest BCUT2D eigenvalue weighted by molar-refractivity contribution is -0.119. The maximum absolute atomic E-state index is 11.8. The fourth-order valence-corrected chi connectivity index (χ4v) is 2.62. The zero-order valence-electron chi connectivity index (χ0n) is 13.3. The van der Waals surface area contributed by atoms with Crippen LogP contribution in [0.2, 0.25) is 0 Å². The Hall–Kier alpha value is -2.73. The number of pyridine rings is 1. The molecule has 6 nitrogen and oxygen atoms in total. The topological polar surface area (TPSA) is 79.9 Å². The number of amides is 1. The lowest BCUT2D eigenvalue weighted by Gasteiger charge is -2.13. The van der Waals surface area contributed by atoms with Crippen LogP contribution >= 0.6 is 0 Å². The number of fused-ring (bicyclic) bond motifs is 1. The number of nitrogens with one attached hydrogen (secondary N) is 2. The van der Waals surface area contributed by atoms with Crippen LogP contribution in [-0.2, 0) is 9.53 Å². The van der Waals surface area contributed by atoms with Crippen molar-refractivity contribution in [3.63, 3.8) is 0 Å². The first-order valence-electron chi connectivity index (χ1n) is 7.29. The Morgan fingerprint density at radius 1 is 1.30 bits per heavy atom. The largest absolute Gasteiger partial charge is 0.375 e. The van der Waals surface area contributed by atoms with Crippen LogP contribution in [0, 0.1) is 13.8 Å². The van der Waals surface area contributed by atoms with E-state index in [0.29, 0.717) is 0 Å². The minimum Gasteiger partial charge on any atom is -0.375 e. The van der Waals surface area contributed by atoms with Gasteiger partial charge in [-0.1, -0.05) is 6.07 Å². The lowest BCUT2D eigenvalue weighted by Crippen LogP contribution is -2.17. The number of hydrogen-bond acceptors (Lipinski definition) is 4. The maximum atomic E-state index is 11.8. The lowest BCUT2D eigenvalue weighted by atomic mass is 10.0. The van der Waals surface area contributed by atoms with Crippen molar-refractivity contribution in [1.82, 2.24) is 15.0 Å². The van der Waals surface area contributed by atoms with Crippen molar-refractivity contribution < 1.29 is 9.53 Å². The Bertz CT molecular complexity index is 857. The highest BCUT2D eigenvalue weighted by Crippen LogP contribution is 2.30. The van der Waals surface area contributed by atoms with Crippen molar-refractivity contribution in [3.8, 4) is 11.5 Å². The number of carbonyl (C=O) groups is 1. The first kappa shape index (κ1) is 15.2. The predicted molar refractivity (Wildman–Crippen MR) is 89.3 cm³/mol. The van der Waals surface area contributed by atoms with Gasteiger partial charge in [-0.15, -0.1) is 0 Å². The Morgan fingerprint density at radius 3 is 2.83 bits per heavy atom. The van der Waals surface area contributed by atoms with Crippen molar-refractivity contribution in [3.05, 3.63) is 41.7 Å². The van der Waals surface area contributed by atoms with Crippen LogP contribution in [0.5, 0.6) is 0 Å². The van der Waals surface area contributed by atoms with E-state index < -0.39 is 0 Å². The zero-order valence-corrected chi connectivity index (χ0v) is 13.3. The number of hydrogen-bond donors (Lipinski definition) is 2. The van der Waals surface area contributed by atoms with Gasteiger partial charge in [-0.25, -0.2) is 9.97 Å². The molecule has 2 N–H and O–H groups in total. The van der Waals surface area contributed by atoms with E-state index in [2.05, 4.69) is 15.3 Å². The molecule has 2 heterocycles. The normalized spacial score (nSPS) is 10.9. The smallest absolute Gasteiger partial charge is 0.250 e. The first-order valence-corrected chi connectivity index (χ1v) is 7.29. The van der Waals surface area contributed by atoms with Gasteiger partial charge in [0.1, 0.15) is 12.3 Å². The molecule has 0 atom stereocenters. The summed E-state index contributed by atoms with van der Waals surface area (Å²) in [7, 11) is 1.50. The van der Waals surface area contributed by atoms with E-state index >= 15 is 0 Å². The van der Waals surface area contributed by atoms with Gasteiger partial charge in [0.2, 0.25) is 5.91 Å². The van der Waals surface area contributed by atoms with E-state index in [1.165, 1.54) is 7.11 Å². The molecule has 0 radical (unpaired) electrons. The second-order valence-electron chi connectivity index (χ2n) is 5.40. The predicted octanol–water partition coefficient (Wildman–Crippen LogP) is 2.83. The van der Waals surface area contributed by atoms with Crippen LogP contribution in [0.3, 0.4) is 0 Å². The summed E-state index contributed by atoms with van der Waals surface area (Å²) in [5.41, 5.74) is 4.44.